The summed E-state index contributed by atoms with van der Waals surface area (Å²) in [5, 5.41) is 2.34. The lowest BCUT2D eigenvalue weighted by Gasteiger charge is -2.06. The van der Waals surface area contributed by atoms with Crippen LogP contribution in [0.15, 0.2) is 18.2 Å². The predicted octanol–water partition coefficient (Wildman–Crippen LogP) is 3.34. The molecule has 0 aliphatic carbocycles. The van der Waals surface area contributed by atoms with Gasteiger partial charge in [-0.15, -0.1) is 0 Å². The molecule has 0 unspecified atom stereocenters. The van der Waals surface area contributed by atoms with Crippen molar-refractivity contribution < 1.29 is 23.1 Å². The van der Waals surface area contributed by atoms with Gasteiger partial charge < -0.3 is 15.0 Å². The van der Waals surface area contributed by atoms with Crippen LogP contribution in [0.5, 0.6) is 0 Å². The molecule has 122 valence electrons. The molecule has 1 amide bonds. The lowest BCUT2D eigenvalue weighted by molar-refractivity contribution is 0.0525. The fourth-order valence-corrected chi connectivity index (χ4v) is 2.26. The topological polar surface area (TPSA) is 71.2 Å². The second-order valence-electron chi connectivity index (χ2n) is 4.92. The number of aryl methyl sites for hydroxylation is 1. The molecule has 1 heterocycles. The minimum Gasteiger partial charge on any atom is -0.462 e. The van der Waals surface area contributed by atoms with Gasteiger partial charge in [0, 0.05) is 11.8 Å². The van der Waals surface area contributed by atoms with Crippen molar-refractivity contribution in [1.29, 1.82) is 0 Å². The standard InChI is InChI=1S/C16H16F2N2O3/c1-4-23-16(22)13-8(2)14(19-9(13)3)15(21)20-12-6-5-10(17)7-11(12)18/h5-7,19H,4H2,1-3H3,(H,20,21). The maximum Gasteiger partial charge on any atom is 0.340 e. The zero-order chi connectivity index (χ0) is 17.1. The molecular formula is C16H16F2N2O3. The van der Waals surface area contributed by atoms with Gasteiger partial charge in [-0.2, -0.15) is 0 Å². The Morgan fingerprint density at radius 1 is 1.26 bits per heavy atom. The molecule has 0 atom stereocenters. The van der Waals surface area contributed by atoms with Crippen LogP contribution in [-0.2, 0) is 4.74 Å². The van der Waals surface area contributed by atoms with Crippen LogP contribution >= 0.6 is 0 Å². The highest BCUT2D eigenvalue weighted by atomic mass is 19.1. The minimum atomic E-state index is -0.884. The Bertz CT molecular complexity index is 769. The summed E-state index contributed by atoms with van der Waals surface area (Å²) in [6, 6.07) is 2.84. The summed E-state index contributed by atoms with van der Waals surface area (Å²) in [5.41, 5.74) is 1.12. The van der Waals surface area contributed by atoms with E-state index in [4.69, 9.17) is 4.74 Å². The maximum absolute atomic E-state index is 13.6. The van der Waals surface area contributed by atoms with Gasteiger partial charge in [-0.3, -0.25) is 4.79 Å². The molecule has 0 bridgehead atoms. The van der Waals surface area contributed by atoms with Crippen LogP contribution in [-0.4, -0.2) is 23.5 Å². The first-order chi connectivity index (χ1) is 10.8. The number of rotatable bonds is 4. The van der Waals surface area contributed by atoms with Crippen molar-refractivity contribution in [2.24, 2.45) is 0 Å². The average molecular weight is 322 g/mol. The van der Waals surface area contributed by atoms with Crippen LogP contribution in [0.4, 0.5) is 14.5 Å². The Hall–Kier alpha value is -2.70. The van der Waals surface area contributed by atoms with Crippen molar-refractivity contribution in [3.63, 3.8) is 0 Å². The number of ether oxygens (including phenoxy) is 1. The van der Waals surface area contributed by atoms with E-state index in [0.717, 1.165) is 12.1 Å². The van der Waals surface area contributed by atoms with Crippen molar-refractivity contribution in [1.82, 2.24) is 4.98 Å². The molecule has 0 saturated carbocycles. The summed E-state index contributed by atoms with van der Waals surface area (Å²) in [4.78, 5) is 27.0. The third-order valence-corrected chi connectivity index (χ3v) is 3.32. The molecule has 0 aliphatic heterocycles. The maximum atomic E-state index is 13.6. The van der Waals surface area contributed by atoms with Crippen molar-refractivity contribution in [3.05, 3.63) is 52.3 Å². The number of hydrogen-bond donors (Lipinski definition) is 2. The molecule has 0 radical (unpaired) electrons. The number of benzene rings is 1. The van der Waals surface area contributed by atoms with E-state index in [1.54, 1.807) is 20.8 Å². The van der Waals surface area contributed by atoms with E-state index in [1.807, 2.05) is 0 Å². The number of anilines is 1. The predicted molar refractivity (Wildman–Crippen MR) is 80.5 cm³/mol. The lowest BCUT2D eigenvalue weighted by atomic mass is 10.1. The molecule has 5 nitrogen and oxygen atoms in total. The molecule has 7 heteroatoms. The number of carbonyl (C=O) groups is 2. The second-order valence-corrected chi connectivity index (χ2v) is 4.92. The molecule has 1 aromatic carbocycles. The Kier molecular flexibility index (Phi) is 4.78. The smallest absolute Gasteiger partial charge is 0.340 e. The highest BCUT2D eigenvalue weighted by Crippen LogP contribution is 2.21. The van der Waals surface area contributed by atoms with Gasteiger partial charge in [-0.25, -0.2) is 13.6 Å². The van der Waals surface area contributed by atoms with Crippen LogP contribution in [0, 0.1) is 25.5 Å². The summed E-state index contributed by atoms with van der Waals surface area (Å²) in [7, 11) is 0. The highest BCUT2D eigenvalue weighted by Gasteiger charge is 2.23. The first kappa shape index (κ1) is 16.7. The molecule has 23 heavy (non-hydrogen) atoms. The van der Waals surface area contributed by atoms with Gasteiger partial charge >= 0.3 is 5.97 Å². The third kappa shape index (κ3) is 3.39. The van der Waals surface area contributed by atoms with Gasteiger partial charge in [0.05, 0.1) is 17.9 Å². The third-order valence-electron chi connectivity index (χ3n) is 3.32. The Labute approximate surface area is 131 Å². The first-order valence-electron chi connectivity index (χ1n) is 6.97. The van der Waals surface area contributed by atoms with Gasteiger partial charge in [0.1, 0.15) is 17.3 Å². The quantitative estimate of drug-likeness (QED) is 0.848. The summed E-state index contributed by atoms with van der Waals surface area (Å²) in [6.45, 7) is 5.12. The van der Waals surface area contributed by atoms with Crippen molar-refractivity contribution >= 4 is 17.6 Å². The summed E-state index contributed by atoms with van der Waals surface area (Å²) >= 11 is 0. The van der Waals surface area contributed by atoms with Gasteiger partial charge in [0.15, 0.2) is 0 Å². The van der Waals surface area contributed by atoms with Crippen LogP contribution in [0.2, 0.25) is 0 Å². The van der Waals surface area contributed by atoms with E-state index in [0.29, 0.717) is 17.3 Å². The van der Waals surface area contributed by atoms with E-state index in [-0.39, 0.29) is 23.6 Å². The van der Waals surface area contributed by atoms with E-state index >= 15 is 0 Å². The normalized spacial score (nSPS) is 10.5. The lowest BCUT2D eigenvalue weighted by Crippen LogP contribution is -2.15. The zero-order valence-electron chi connectivity index (χ0n) is 12.9. The number of halogens is 2. The fraction of sp³-hybridized carbons (Fsp3) is 0.250. The first-order valence-corrected chi connectivity index (χ1v) is 6.97. The summed E-state index contributed by atoms with van der Waals surface area (Å²) < 4.78 is 31.4. The van der Waals surface area contributed by atoms with Crippen molar-refractivity contribution in [2.75, 3.05) is 11.9 Å². The summed E-state index contributed by atoms with van der Waals surface area (Å²) in [5.74, 6) is -2.79. The van der Waals surface area contributed by atoms with Crippen molar-refractivity contribution in [3.8, 4) is 0 Å². The number of nitrogens with one attached hydrogen (secondary N) is 2. The Morgan fingerprint density at radius 3 is 2.57 bits per heavy atom. The van der Waals surface area contributed by atoms with Gasteiger partial charge in [0.25, 0.3) is 5.91 Å². The number of carbonyl (C=O) groups excluding carboxylic acids is 2. The zero-order valence-corrected chi connectivity index (χ0v) is 12.9. The summed E-state index contributed by atoms with van der Waals surface area (Å²) in [6.07, 6.45) is 0. The minimum absolute atomic E-state index is 0.120. The van der Waals surface area contributed by atoms with E-state index < -0.39 is 23.5 Å². The van der Waals surface area contributed by atoms with Crippen LogP contribution in [0.3, 0.4) is 0 Å². The van der Waals surface area contributed by atoms with Gasteiger partial charge in [0.2, 0.25) is 0 Å². The number of aromatic amines is 1. The molecular weight excluding hydrogens is 306 g/mol. The molecule has 2 aromatic rings. The van der Waals surface area contributed by atoms with Gasteiger partial charge in [-0.1, -0.05) is 0 Å². The van der Waals surface area contributed by atoms with Crippen LogP contribution in [0.25, 0.3) is 0 Å². The van der Waals surface area contributed by atoms with E-state index in [9.17, 15) is 18.4 Å². The van der Waals surface area contributed by atoms with Crippen LogP contribution in [0.1, 0.15) is 39.0 Å². The van der Waals surface area contributed by atoms with Crippen molar-refractivity contribution in [2.45, 2.75) is 20.8 Å². The molecule has 1 aromatic heterocycles. The number of aromatic nitrogens is 1. The molecule has 0 fully saturated rings. The average Bonchev–Trinajstić information content (AvgIpc) is 2.77. The molecule has 2 rings (SSSR count). The van der Waals surface area contributed by atoms with Crippen LogP contribution < -0.4 is 5.32 Å². The Balaban J connectivity index is 2.30. The molecule has 2 N–H and O–H groups in total. The Morgan fingerprint density at radius 2 is 1.96 bits per heavy atom. The monoisotopic (exact) mass is 322 g/mol. The number of esters is 1. The second kappa shape index (κ2) is 6.60. The largest absolute Gasteiger partial charge is 0.462 e. The van der Waals surface area contributed by atoms with E-state index in [2.05, 4.69) is 10.3 Å². The fourth-order valence-electron chi connectivity index (χ4n) is 2.26. The highest BCUT2D eigenvalue weighted by molar-refractivity contribution is 6.06. The van der Waals surface area contributed by atoms with E-state index in [1.165, 1.54) is 0 Å². The number of amides is 1. The molecule has 0 aliphatic rings. The van der Waals surface area contributed by atoms with Gasteiger partial charge in [-0.05, 0) is 38.5 Å². The SMILES string of the molecule is CCOC(=O)c1c(C)[nH]c(C(=O)Nc2ccc(F)cc2F)c1C. The number of hydrogen-bond acceptors (Lipinski definition) is 3. The number of H-pyrrole nitrogens is 1. The molecule has 0 spiro atoms. The molecule has 0 saturated heterocycles.